The monoisotopic (exact) mass is 588 g/mol. The molecule has 1 aromatic rings. The SMILES string of the molecule is CC1=C/C(N2CCN(C(=O)C(F)(F)F)CC2)=C(/C)CCC(=NCc2ccc(CNCCCNC3CCCCC3)cc2)N1. The summed E-state index contributed by atoms with van der Waals surface area (Å²) in [6.45, 7) is 8.49. The second-order valence-corrected chi connectivity index (χ2v) is 11.8. The molecule has 42 heavy (non-hydrogen) atoms. The molecule has 2 heterocycles. The number of piperazine rings is 1. The van der Waals surface area contributed by atoms with Gasteiger partial charge in [0.1, 0.15) is 5.84 Å². The average Bonchev–Trinajstić information content (AvgIpc) is 2.98. The van der Waals surface area contributed by atoms with Gasteiger partial charge in [-0.2, -0.15) is 13.2 Å². The van der Waals surface area contributed by atoms with E-state index in [0.717, 1.165) is 72.6 Å². The molecule has 1 saturated heterocycles. The number of hydrogen-bond donors (Lipinski definition) is 3. The molecule has 7 nitrogen and oxygen atoms in total. The zero-order chi connectivity index (χ0) is 30.0. The molecule has 4 rings (SSSR count). The number of nitrogens with one attached hydrogen (secondary N) is 3. The number of amides is 1. The van der Waals surface area contributed by atoms with Gasteiger partial charge in [-0.3, -0.25) is 9.79 Å². The van der Waals surface area contributed by atoms with Gasteiger partial charge in [-0.25, -0.2) is 0 Å². The lowest BCUT2D eigenvalue weighted by molar-refractivity contribution is -0.186. The van der Waals surface area contributed by atoms with Crippen LogP contribution in [0.2, 0.25) is 0 Å². The van der Waals surface area contributed by atoms with Crippen molar-refractivity contribution in [1.29, 1.82) is 0 Å². The number of nitrogens with zero attached hydrogens (tertiary/aromatic N) is 3. The average molecular weight is 589 g/mol. The second kappa shape index (κ2) is 15.6. The van der Waals surface area contributed by atoms with Crippen molar-refractivity contribution in [3.05, 3.63) is 58.4 Å². The lowest BCUT2D eigenvalue weighted by Crippen LogP contribution is -2.52. The Morgan fingerprint density at radius 1 is 0.976 bits per heavy atom. The van der Waals surface area contributed by atoms with Gasteiger partial charge in [0.25, 0.3) is 0 Å². The Hall–Kier alpha value is -2.85. The van der Waals surface area contributed by atoms with Gasteiger partial charge in [0.05, 0.1) is 6.54 Å². The second-order valence-electron chi connectivity index (χ2n) is 11.8. The summed E-state index contributed by atoms with van der Waals surface area (Å²) in [4.78, 5) is 19.4. The van der Waals surface area contributed by atoms with Crippen LogP contribution in [0.1, 0.15) is 76.3 Å². The fraction of sp³-hybridized carbons (Fsp3) is 0.625. The van der Waals surface area contributed by atoms with Crippen LogP contribution in [0.5, 0.6) is 0 Å². The number of allylic oxidation sites excluding steroid dienone is 3. The lowest BCUT2D eigenvalue weighted by Gasteiger charge is -2.38. The van der Waals surface area contributed by atoms with E-state index in [-0.39, 0.29) is 13.1 Å². The van der Waals surface area contributed by atoms with Crippen LogP contribution in [0.15, 0.2) is 52.3 Å². The van der Waals surface area contributed by atoms with Gasteiger partial charge in [-0.15, -0.1) is 0 Å². The van der Waals surface area contributed by atoms with Gasteiger partial charge in [-0.05, 0) is 75.4 Å². The fourth-order valence-corrected chi connectivity index (χ4v) is 5.91. The van der Waals surface area contributed by atoms with Crippen LogP contribution in [-0.2, 0) is 17.9 Å². The van der Waals surface area contributed by atoms with Crippen LogP contribution < -0.4 is 16.0 Å². The van der Waals surface area contributed by atoms with Crippen LogP contribution in [0.4, 0.5) is 13.2 Å². The third-order valence-electron chi connectivity index (χ3n) is 8.39. The summed E-state index contributed by atoms with van der Waals surface area (Å²) in [5.41, 5.74) is 5.55. The number of amidine groups is 1. The molecule has 1 amide bonds. The van der Waals surface area contributed by atoms with Crippen molar-refractivity contribution in [2.75, 3.05) is 39.3 Å². The Balaban J connectivity index is 1.19. The molecule has 10 heteroatoms. The van der Waals surface area contributed by atoms with E-state index in [9.17, 15) is 18.0 Å². The molecule has 1 aromatic carbocycles. The van der Waals surface area contributed by atoms with Crippen molar-refractivity contribution in [1.82, 2.24) is 25.8 Å². The lowest BCUT2D eigenvalue weighted by atomic mass is 9.95. The predicted octanol–water partition coefficient (Wildman–Crippen LogP) is 5.25. The van der Waals surface area contributed by atoms with E-state index in [4.69, 9.17) is 4.99 Å². The van der Waals surface area contributed by atoms with Gasteiger partial charge < -0.3 is 25.8 Å². The number of rotatable bonds is 10. The van der Waals surface area contributed by atoms with Crippen LogP contribution in [0.25, 0.3) is 0 Å². The minimum atomic E-state index is -4.82. The minimum Gasteiger partial charge on any atom is -0.368 e. The standard InChI is InChI=1S/C32H47F3N6O/c1-24-9-14-30(39-25(2)21-29(24)40-17-19-41(20-18-40)31(42)32(33,34)35)38-23-27-12-10-26(11-13-27)22-36-15-6-16-37-28-7-4-3-5-8-28/h10-13,21,28,36-37H,3-9,14-20,22-23H2,1-2H3,(H,38,39)/b25-21?,29-24+. The maximum atomic E-state index is 12.8. The van der Waals surface area contributed by atoms with Crippen molar-refractivity contribution in [2.24, 2.45) is 4.99 Å². The molecule has 0 aromatic heterocycles. The van der Waals surface area contributed by atoms with Crippen molar-refractivity contribution in [2.45, 2.75) is 90.5 Å². The van der Waals surface area contributed by atoms with Crippen LogP contribution >= 0.6 is 0 Å². The number of carbonyl (C=O) groups is 1. The van der Waals surface area contributed by atoms with Crippen LogP contribution in [-0.4, -0.2) is 73.0 Å². The predicted molar refractivity (Wildman–Crippen MR) is 162 cm³/mol. The van der Waals surface area contributed by atoms with Crippen molar-refractivity contribution in [3.8, 4) is 0 Å². The maximum absolute atomic E-state index is 12.8. The summed E-state index contributed by atoms with van der Waals surface area (Å²) >= 11 is 0. The highest BCUT2D eigenvalue weighted by molar-refractivity contribution is 5.84. The molecule has 232 valence electrons. The van der Waals surface area contributed by atoms with E-state index >= 15 is 0 Å². The number of alkyl halides is 3. The summed E-state index contributed by atoms with van der Waals surface area (Å²) in [5, 5.41) is 10.7. The van der Waals surface area contributed by atoms with Crippen LogP contribution in [0, 0.1) is 0 Å². The Labute approximate surface area is 248 Å². The number of hydrogen-bond acceptors (Lipinski definition) is 5. The van der Waals surface area contributed by atoms with E-state index in [0.29, 0.717) is 19.6 Å². The Kier molecular flexibility index (Phi) is 11.9. The van der Waals surface area contributed by atoms with Crippen molar-refractivity contribution >= 4 is 11.7 Å². The normalized spacial score (nSPS) is 22.0. The Morgan fingerprint density at radius 3 is 2.36 bits per heavy atom. The van der Waals surface area contributed by atoms with E-state index in [1.54, 1.807) is 0 Å². The summed E-state index contributed by atoms with van der Waals surface area (Å²) < 4.78 is 38.4. The molecule has 0 atom stereocenters. The largest absolute Gasteiger partial charge is 0.471 e. The van der Waals surface area contributed by atoms with Crippen molar-refractivity contribution in [3.63, 3.8) is 0 Å². The first kappa shape index (κ1) is 32.1. The molecule has 0 bridgehead atoms. The van der Waals surface area contributed by atoms with E-state index in [1.165, 1.54) is 43.2 Å². The first-order valence-electron chi connectivity index (χ1n) is 15.5. The summed E-state index contributed by atoms with van der Waals surface area (Å²) in [7, 11) is 0. The Morgan fingerprint density at radius 2 is 1.67 bits per heavy atom. The van der Waals surface area contributed by atoms with E-state index < -0.39 is 12.1 Å². The van der Waals surface area contributed by atoms with Gasteiger partial charge >= 0.3 is 12.1 Å². The molecular weight excluding hydrogens is 541 g/mol. The first-order valence-corrected chi connectivity index (χ1v) is 15.5. The van der Waals surface area contributed by atoms with Gasteiger partial charge in [0, 0.05) is 56.6 Å². The molecule has 1 aliphatic carbocycles. The minimum absolute atomic E-state index is 0.0643. The fourth-order valence-electron chi connectivity index (χ4n) is 5.91. The van der Waals surface area contributed by atoms with E-state index in [1.807, 2.05) is 13.0 Å². The highest BCUT2D eigenvalue weighted by atomic mass is 19.4. The molecule has 0 unspecified atom stereocenters. The highest BCUT2D eigenvalue weighted by Gasteiger charge is 2.43. The third-order valence-corrected chi connectivity index (χ3v) is 8.39. The first-order chi connectivity index (χ1) is 20.2. The molecule has 0 spiro atoms. The molecule has 2 aliphatic heterocycles. The number of halogens is 3. The van der Waals surface area contributed by atoms with Gasteiger partial charge in [0.15, 0.2) is 0 Å². The molecule has 3 N–H and O–H groups in total. The summed E-state index contributed by atoms with van der Waals surface area (Å²) in [6.07, 6.45) is 6.71. The number of aliphatic imine (C=N–C) groups is 1. The summed E-state index contributed by atoms with van der Waals surface area (Å²) in [6, 6.07) is 9.35. The summed E-state index contributed by atoms with van der Waals surface area (Å²) in [5.74, 6) is -0.825. The zero-order valence-electron chi connectivity index (χ0n) is 25.2. The molecule has 3 aliphatic rings. The van der Waals surface area contributed by atoms with Crippen molar-refractivity contribution < 1.29 is 18.0 Å². The zero-order valence-corrected chi connectivity index (χ0v) is 25.2. The third kappa shape index (κ3) is 9.87. The number of carbonyl (C=O) groups excluding carboxylic acids is 1. The van der Waals surface area contributed by atoms with Crippen LogP contribution in [0.3, 0.4) is 0 Å². The molecule has 1 saturated carbocycles. The molecule has 2 fully saturated rings. The molecule has 0 radical (unpaired) electrons. The topological polar surface area (TPSA) is 72.0 Å². The van der Waals surface area contributed by atoms with Gasteiger partial charge in [0.2, 0.25) is 0 Å². The maximum Gasteiger partial charge on any atom is 0.471 e. The highest BCUT2D eigenvalue weighted by Crippen LogP contribution is 2.24. The smallest absolute Gasteiger partial charge is 0.368 e. The quantitative estimate of drug-likeness (QED) is 0.326. The van der Waals surface area contributed by atoms with E-state index in [2.05, 4.69) is 52.0 Å². The Bertz CT molecular complexity index is 1110. The molecular formula is C32H47F3N6O. The van der Waals surface area contributed by atoms with Gasteiger partial charge in [-0.1, -0.05) is 43.5 Å². The number of benzene rings is 1.